The van der Waals surface area contributed by atoms with Crippen LogP contribution in [0.1, 0.15) is 24.6 Å². The maximum Gasteiger partial charge on any atom is 0.389 e. The number of halogens is 5. The van der Waals surface area contributed by atoms with Crippen LogP contribution in [-0.2, 0) is 0 Å². The molecule has 0 aromatic carbocycles. The molecule has 7 heteroatoms. The highest BCUT2D eigenvalue weighted by molar-refractivity contribution is 6.34. The van der Waals surface area contributed by atoms with Crippen LogP contribution in [0.15, 0.2) is 12.3 Å². The summed E-state index contributed by atoms with van der Waals surface area (Å²) in [6.45, 7) is 0. The van der Waals surface area contributed by atoms with E-state index in [1.807, 2.05) is 0 Å². The molecule has 0 aliphatic rings. The summed E-state index contributed by atoms with van der Waals surface area (Å²) < 4.78 is 36.4. The number of pyridine rings is 1. The van der Waals surface area contributed by atoms with Crippen molar-refractivity contribution in [1.82, 2.24) is 10.3 Å². The van der Waals surface area contributed by atoms with Gasteiger partial charge in [-0.15, -0.1) is 0 Å². The van der Waals surface area contributed by atoms with Crippen molar-refractivity contribution in [2.45, 2.75) is 25.1 Å². The maximum absolute atomic E-state index is 12.1. The van der Waals surface area contributed by atoms with Crippen LogP contribution < -0.4 is 5.32 Å². The summed E-state index contributed by atoms with van der Waals surface area (Å²) in [6, 6.07) is 0.921. The van der Waals surface area contributed by atoms with Crippen LogP contribution in [0.25, 0.3) is 0 Å². The monoisotopic (exact) mass is 286 g/mol. The third-order valence-electron chi connectivity index (χ3n) is 2.23. The lowest BCUT2D eigenvalue weighted by molar-refractivity contribution is -0.136. The van der Waals surface area contributed by atoms with E-state index < -0.39 is 18.6 Å². The van der Waals surface area contributed by atoms with Gasteiger partial charge >= 0.3 is 6.18 Å². The van der Waals surface area contributed by atoms with Gasteiger partial charge < -0.3 is 5.32 Å². The predicted octanol–water partition coefficient (Wildman–Crippen LogP) is 3.99. The lowest BCUT2D eigenvalue weighted by atomic mass is 10.1. The van der Waals surface area contributed by atoms with Crippen molar-refractivity contribution >= 4 is 23.2 Å². The van der Waals surface area contributed by atoms with E-state index in [4.69, 9.17) is 23.2 Å². The van der Waals surface area contributed by atoms with Crippen molar-refractivity contribution in [2.24, 2.45) is 0 Å². The van der Waals surface area contributed by atoms with E-state index in [2.05, 4.69) is 10.3 Å². The van der Waals surface area contributed by atoms with Crippen LogP contribution >= 0.6 is 23.2 Å². The van der Waals surface area contributed by atoms with Crippen LogP contribution in [0.2, 0.25) is 10.0 Å². The fraction of sp³-hybridized carbons (Fsp3) is 0.500. The van der Waals surface area contributed by atoms with E-state index in [0.717, 1.165) is 0 Å². The van der Waals surface area contributed by atoms with Crippen LogP contribution in [0, 0.1) is 0 Å². The van der Waals surface area contributed by atoms with Gasteiger partial charge in [0.25, 0.3) is 0 Å². The average molecular weight is 287 g/mol. The molecule has 0 amide bonds. The van der Waals surface area contributed by atoms with Crippen molar-refractivity contribution in [3.63, 3.8) is 0 Å². The first-order valence-electron chi connectivity index (χ1n) is 4.88. The molecule has 0 saturated carbocycles. The molecule has 1 rings (SSSR count). The van der Waals surface area contributed by atoms with Gasteiger partial charge in [-0.3, -0.25) is 4.98 Å². The molecule has 1 N–H and O–H groups in total. The zero-order valence-corrected chi connectivity index (χ0v) is 10.5. The highest BCUT2D eigenvalue weighted by Gasteiger charge is 2.29. The van der Waals surface area contributed by atoms with Crippen molar-refractivity contribution in [3.05, 3.63) is 28.0 Å². The highest BCUT2D eigenvalue weighted by Crippen LogP contribution is 2.30. The molecule has 0 saturated heterocycles. The van der Waals surface area contributed by atoms with E-state index in [0.29, 0.717) is 10.7 Å². The van der Waals surface area contributed by atoms with Crippen LogP contribution in [-0.4, -0.2) is 18.2 Å². The molecule has 1 heterocycles. The molecule has 0 radical (unpaired) electrons. The molecular formula is C10H11Cl2F3N2. The Balaban J connectivity index is 2.79. The molecule has 0 spiro atoms. The van der Waals surface area contributed by atoms with Gasteiger partial charge in [-0.2, -0.15) is 13.2 Å². The summed E-state index contributed by atoms with van der Waals surface area (Å²) in [7, 11) is 1.56. The van der Waals surface area contributed by atoms with Gasteiger partial charge in [0.2, 0.25) is 0 Å². The Kier molecular flexibility index (Phi) is 5.04. The quantitative estimate of drug-likeness (QED) is 0.905. The van der Waals surface area contributed by atoms with E-state index >= 15 is 0 Å². The Morgan fingerprint density at radius 3 is 2.53 bits per heavy atom. The van der Waals surface area contributed by atoms with Gasteiger partial charge in [-0.25, -0.2) is 0 Å². The van der Waals surface area contributed by atoms with Crippen LogP contribution in [0.4, 0.5) is 13.2 Å². The number of aromatic nitrogens is 1. The summed E-state index contributed by atoms with van der Waals surface area (Å²) in [5.74, 6) is 0. The number of nitrogens with one attached hydrogen (secondary N) is 1. The van der Waals surface area contributed by atoms with Gasteiger partial charge in [0.1, 0.15) is 0 Å². The third kappa shape index (κ3) is 4.69. The second-order valence-corrected chi connectivity index (χ2v) is 4.36. The summed E-state index contributed by atoms with van der Waals surface area (Å²) >= 11 is 11.6. The molecule has 0 aliphatic heterocycles. The molecule has 1 unspecified atom stereocenters. The van der Waals surface area contributed by atoms with E-state index in [1.165, 1.54) is 12.3 Å². The lowest BCUT2D eigenvalue weighted by Crippen LogP contribution is -2.21. The van der Waals surface area contributed by atoms with Gasteiger partial charge in [0, 0.05) is 12.6 Å². The predicted molar refractivity (Wildman–Crippen MR) is 61.3 cm³/mol. The molecule has 17 heavy (non-hydrogen) atoms. The Hall–Kier alpha value is -0.520. The molecule has 1 aromatic heterocycles. The fourth-order valence-corrected chi connectivity index (χ4v) is 1.92. The fourth-order valence-electron chi connectivity index (χ4n) is 1.41. The van der Waals surface area contributed by atoms with E-state index in [1.54, 1.807) is 7.05 Å². The number of hydrogen-bond donors (Lipinski definition) is 1. The zero-order chi connectivity index (χ0) is 13.1. The maximum atomic E-state index is 12.1. The Labute approximate surface area is 107 Å². The average Bonchev–Trinajstić information content (AvgIpc) is 2.19. The first-order chi connectivity index (χ1) is 7.83. The van der Waals surface area contributed by atoms with Crippen molar-refractivity contribution in [2.75, 3.05) is 7.05 Å². The minimum atomic E-state index is -4.19. The molecule has 0 aliphatic carbocycles. The van der Waals surface area contributed by atoms with E-state index in [-0.39, 0.29) is 11.4 Å². The number of nitrogens with zero attached hydrogens (tertiary/aromatic N) is 1. The number of alkyl halides is 3. The highest BCUT2D eigenvalue weighted by atomic mass is 35.5. The van der Waals surface area contributed by atoms with Crippen molar-refractivity contribution in [1.29, 1.82) is 0 Å². The smallest absolute Gasteiger partial charge is 0.312 e. The first-order valence-corrected chi connectivity index (χ1v) is 5.64. The van der Waals surface area contributed by atoms with E-state index in [9.17, 15) is 13.2 Å². The Morgan fingerprint density at radius 1 is 1.41 bits per heavy atom. The summed E-state index contributed by atoms with van der Waals surface area (Å²) in [6.07, 6.45) is -3.83. The minimum absolute atomic E-state index is 0.117. The molecule has 96 valence electrons. The second-order valence-electron chi connectivity index (χ2n) is 3.52. The van der Waals surface area contributed by atoms with Crippen molar-refractivity contribution in [3.8, 4) is 0 Å². The topological polar surface area (TPSA) is 24.9 Å². The van der Waals surface area contributed by atoms with Crippen molar-refractivity contribution < 1.29 is 13.2 Å². The molecule has 2 nitrogen and oxygen atoms in total. The van der Waals surface area contributed by atoms with Gasteiger partial charge in [0.15, 0.2) is 0 Å². The minimum Gasteiger partial charge on any atom is -0.312 e. The molecular weight excluding hydrogens is 276 g/mol. The molecule has 0 bridgehead atoms. The molecule has 1 aromatic rings. The van der Waals surface area contributed by atoms with Gasteiger partial charge in [-0.1, -0.05) is 23.2 Å². The molecule has 0 fully saturated rings. The summed E-state index contributed by atoms with van der Waals surface area (Å²) in [5.41, 5.74) is 0.378. The Morgan fingerprint density at radius 2 is 2.06 bits per heavy atom. The summed E-state index contributed by atoms with van der Waals surface area (Å²) in [4.78, 5) is 3.96. The SMILES string of the molecule is CNC(CCC(F)(F)F)c1ncc(Cl)cc1Cl. The molecule has 1 atom stereocenters. The lowest BCUT2D eigenvalue weighted by Gasteiger charge is -2.17. The largest absolute Gasteiger partial charge is 0.389 e. The number of rotatable bonds is 4. The Bertz CT molecular complexity index is 382. The van der Waals surface area contributed by atoms with Crippen LogP contribution in [0.3, 0.4) is 0 Å². The number of hydrogen-bond acceptors (Lipinski definition) is 2. The second kappa shape index (κ2) is 5.89. The third-order valence-corrected chi connectivity index (χ3v) is 2.74. The van der Waals surface area contributed by atoms with Crippen LogP contribution in [0.5, 0.6) is 0 Å². The van der Waals surface area contributed by atoms with Gasteiger partial charge in [0.05, 0.1) is 21.8 Å². The first kappa shape index (κ1) is 14.5. The standard InChI is InChI=1S/C10H11Cl2F3N2/c1-16-8(2-3-10(13,14)15)9-7(12)4-6(11)5-17-9/h4-5,8,16H,2-3H2,1H3. The zero-order valence-electron chi connectivity index (χ0n) is 8.98. The van der Waals surface area contributed by atoms with Gasteiger partial charge in [-0.05, 0) is 19.5 Å². The normalized spacial score (nSPS) is 13.8. The summed E-state index contributed by atoms with van der Waals surface area (Å²) in [5, 5.41) is 3.38.